The minimum Gasteiger partial charge on any atom is -0.450 e. The second-order valence-corrected chi connectivity index (χ2v) is 7.09. The molecule has 4 rings (SSSR count). The quantitative estimate of drug-likeness (QED) is 0.594. The van der Waals surface area contributed by atoms with E-state index in [0.29, 0.717) is 37.6 Å². The molecule has 1 atom stereocenters. The Morgan fingerprint density at radius 3 is 2.59 bits per heavy atom. The number of pyridine rings is 1. The first-order chi connectivity index (χ1) is 15.4. The highest BCUT2D eigenvalue weighted by Gasteiger charge is 2.38. The van der Waals surface area contributed by atoms with E-state index >= 15 is 0 Å². The Bertz CT molecular complexity index is 1060. The maximum Gasteiger partial charge on any atom is 0.471 e. The molecule has 1 aliphatic rings. The van der Waals surface area contributed by atoms with E-state index in [-0.39, 0.29) is 18.0 Å². The summed E-state index contributed by atoms with van der Waals surface area (Å²) in [6.45, 7) is 3.42. The van der Waals surface area contributed by atoms with E-state index in [1.54, 1.807) is 24.0 Å². The highest BCUT2D eigenvalue weighted by Crippen LogP contribution is 2.32. The van der Waals surface area contributed by atoms with E-state index in [4.69, 9.17) is 4.74 Å². The van der Waals surface area contributed by atoms with Crippen LogP contribution in [0.3, 0.4) is 0 Å². The van der Waals surface area contributed by atoms with Gasteiger partial charge in [0.25, 0.3) is 0 Å². The zero-order valence-corrected chi connectivity index (χ0v) is 17.1. The fraction of sp³-hybridized carbons (Fsp3) is 0.333. The van der Waals surface area contributed by atoms with Crippen molar-refractivity contribution in [3.05, 3.63) is 60.1 Å². The average molecular weight is 447 g/mol. The van der Waals surface area contributed by atoms with Crippen LogP contribution in [-0.2, 0) is 10.9 Å². The van der Waals surface area contributed by atoms with E-state index in [9.17, 15) is 18.0 Å². The van der Waals surface area contributed by atoms with Crippen molar-refractivity contribution < 1.29 is 27.2 Å². The monoisotopic (exact) mass is 447 g/mol. The molecule has 8 nitrogen and oxygen atoms in total. The Hall–Kier alpha value is -3.63. The number of aromatic nitrogens is 3. The van der Waals surface area contributed by atoms with Crippen LogP contribution in [0.1, 0.15) is 24.4 Å². The van der Waals surface area contributed by atoms with E-state index in [2.05, 4.69) is 19.6 Å². The van der Waals surface area contributed by atoms with Crippen LogP contribution in [0.2, 0.25) is 0 Å². The van der Waals surface area contributed by atoms with Gasteiger partial charge in [0.15, 0.2) is 0 Å². The SMILES string of the molecule is CCOC(=O)N1CCN(c2ccc(-c3noc(C(F)(F)F)n3)cn2)C(c2ccccc2)C1. The summed E-state index contributed by atoms with van der Waals surface area (Å²) in [5, 5.41) is 3.39. The summed E-state index contributed by atoms with van der Waals surface area (Å²) in [5.74, 6) is -0.982. The number of benzene rings is 1. The molecular formula is C21H20F3N5O3. The van der Waals surface area contributed by atoms with Crippen LogP contribution in [0.25, 0.3) is 11.4 Å². The van der Waals surface area contributed by atoms with Crippen LogP contribution in [0.5, 0.6) is 0 Å². The Balaban J connectivity index is 1.58. The molecule has 168 valence electrons. The summed E-state index contributed by atoms with van der Waals surface area (Å²) in [4.78, 5) is 23.8. The lowest BCUT2D eigenvalue weighted by Gasteiger charge is -2.41. The first-order valence-corrected chi connectivity index (χ1v) is 9.97. The molecule has 1 saturated heterocycles. The summed E-state index contributed by atoms with van der Waals surface area (Å²) in [5.41, 5.74) is 1.30. The Kier molecular flexibility index (Phi) is 5.97. The summed E-state index contributed by atoms with van der Waals surface area (Å²) < 4.78 is 47.6. The minimum absolute atomic E-state index is 0.172. The molecule has 32 heavy (non-hydrogen) atoms. The van der Waals surface area contributed by atoms with Crippen LogP contribution < -0.4 is 4.90 Å². The number of amides is 1. The van der Waals surface area contributed by atoms with Gasteiger partial charge < -0.3 is 19.1 Å². The van der Waals surface area contributed by atoms with Crippen molar-refractivity contribution in [2.75, 3.05) is 31.1 Å². The largest absolute Gasteiger partial charge is 0.471 e. The van der Waals surface area contributed by atoms with E-state index in [0.717, 1.165) is 5.56 Å². The van der Waals surface area contributed by atoms with Gasteiger partial charge in [-0.1, -0.05) is 35.5 Å². The van der Waals surface area contributed by atoms with E-state index in [1.807, 2.05) is 35.2 Å². The van der Waals surface area contributed by atoms with Crippen molar-refractivity contribution >= 4 is 11.9 Å². The summed E-state index contributed by atoms with van der Waals surface area (Å²) >= 11 is 0. The first-order valence-electron chi connectivity index (χ1n) is 9.97. The third-order valence-electron chi connectivity index (χ3n) is 5.06. The Morgan fingerprint density at radius 1 is 1.19 bits per heavy atom. The van der Waals surface area contributed by atoms with Crippen LogP contribution in [-0.4, -0.2) is 52.4 Å². The number of halogens is 3. The van der Waals surface area contributed by atoms with Gasteiger partial charge in [-0.15, -0.1) is 0 Å². The normalized spacial score (nSPS) is 16.8. The van der Waals surface area contributed by atoms with Crippen molar-refractivity contribution in [3.63, 3.8) is 0 Å². The Labute approximate surface area is 181 Å². The third kappa shape index (κ3) is 4.51. The number of hydrogen-bond acceptors (Lipinski definition) is 7. The number of piperazine rings is 1. The molecule has 1 unspecified atom stereocenters. The number of ether oxygens (including phenoxy) is 1. The number of alkyl halides is 3. The maximum atomic E-state index is 12.7. The zero-order chi connectivity index (χ0) is 22.7. The molecule has 0 spiro atoms. The lowest BCUT2D eigenvalue weighted by molar-refractivity contribution is -0.159. The van der Waals surface area contributed by atoms with Crippen molar-refractivity contribution in [3.8, 4) is 11.4 Å². The van der Waals surface area contributed by atoms with Crippen LogP contribution in [0, 0.1) is 0 Å². The predicted molar refractivity (Wildman–Crippen MR) is 108 cm³/mol. The van der Waals surface area contributed by atoms with Gasteiger partial charge in [-0.3, -0.25) is 0 Å². The maximum absolute atomic E-state index is 12.7. The second-order valence-electron chi connectivity index (χ2n) is 7.09. The highest BCUT2D eigenvalue weighted by molar-refractivity contribution is 5.68. The minimum atomic E-state index is -4.71. The number of carbonyl (C=O) groups excluding carboxylic acids is 1. The molecular weight excluding hydrogens is 427 g/mol. The summed E-state index contributed by atoms with van der Waals surface area (Å²) in [6, 6.07) is 12.8. The molecule has 1 fully saturated rings. The topological polar surface area (TPSA) is 84.6 Å². The van der Waals surface area contributed by atoms with Gasteiger partial charge in [-0.05, 0) is 24.6 Å². The molecule has 0 radical (unpaired) electrons. The number of rotatable bonds is 4. The van der Waals surface area contributed by atoms with Crippen molar-refractivity contribution in [1.29, 1.82) is 0 Å². The van der Waals surface area contributed by atoms with E-state index < -0.39 is 12.1 Å². The molecule has 1 aliphatic heterocycles. The molecule has 11 heteroatoms. The predicted octanol–water partition coefficient (Wildman–Crippen LogP) is 4.17. The van der Waals surface area contributed by atoms with Crippen molar-refractivity contribution in [2.24, 2.45) is 0 Å². The van der Waals surface area contributed by atoms with Crippen LogP contribution in [0.15, 0.2) is 53.2 Å². The molecule has 0 saturated carbocycles. The standard InChI is InChI=1S/C21H20F3N5O3/c1-2-31-20(30)28-10-11-29(16(13-28)14-6-4-3-5-7-14)17-9-8-15(12-25-17)18-26-19(32-27-18)21(22,23)24/h3-9,12,16H,2,10-11,13H2,1H3. The van der Waals surface area contributed by atoms with Gasteiger partial charge in [-0.2, -0.15) is 18.2 Å². The molecule has 2 aromatic heterocycles. The van der Waals surface area contributed by atoms with Gasteiger partial charge in [0, 0.05) is 31.4 Å². The van der Waals surface area contributed by atoms with Crippen LogP contribution >= 0.6 is 0 Å². The smallest absolute Gasteiger partial charge is 0.450 e. The van der Waals surface area contributed by atoms with Crippen molar-refractivity contribution in [1.82, 2.24) is 20.0 Å². The highest BCUT2D eigenvalue weighted by atomic mass is 19.4. The van der Waals surface area contributed by atoms with Gasteiger partial charge >= 0.3 is 18.2 Å². The molecule has 0 aliphatic carbocycles. The number of carbonyl (C=O) groups is 1. The van der Waals surface area contributed by atoms with Gasteiger partial charge in [0.2, 0.25) is 5.82 Å². The van der Waals surface area contributed by atoms with Gasteiger partial charge in [0.05, 0.1) is 12.6 Å². The molecule has 1 amide bonds. The second kappa shape index (κ2) is 8.85. The van der Waals surface area contributed by atoms with Crippen molar-refractivity contribution in [2.45, 2.75) is 19.1 Å². The van der Waals surface area contributed by atoms with Crippen LogP contribution in [0.4, 0.5) is 23.8 Å². The fourth-order valence-corrected chi connectivity index (χ4v) is 3.54. The fourth-order valence-electron chi connectivity index (χ4n) is 3.54. The average Bonchev–Trinajstić information content (AvgIpc) is 3.31. The molecule has 3 aromatic rings. The lowest BCUT2D eigenvalue weighted by Crippen LogP contribution is -2.51. The number of hydrogen-bond donors (Lipinski definition) is 0. The molecule has 1 aromatic carbocycles. The first kappa shape index (κ1) is 21.6. The molecule has 0 bridgehead atoms. The number of anilines is 1. The van der Waals surface area contributed by atoms with Gasteiger partial charge in [0.1, 0.15) is 5.82 Å². The number of nitrogens with zero attached hydrogens (tertiary/aromatic N) is 5. The zero-order valence-electron chi connectivity index (χ0n) is 17.1. The van der Waals surface area contributed by atoms with E-state index in [1.165, 1.54) is 6.20 Å². The Morgan fingerprint density at radius 2 is 1.97 bits per heavy atom. The van der Waals surface area contributed by atoms with Gasteiger partial charge in [-0.25, -0.2) is 9.78 Å². The third-order valence-corrected chi connectivity index (χ3v) is 5.06. The lowest BCUT2D eigenvalue weighted by atomic mass is 10.0. The molecule has 0 N–H and O–H groups in total. The summed E-state index contributed by atoms with van der Waals surface area (Å²) in [7, 11) is 0. The summed E-state index contributed by atoms with van der Waals surface area (Å²) in [6.07, 6.45) is -3.67. The molecule has 3 heterocycles.